The molecule has 0 aliphatic carbocycles. The highest BCUT2D eigenvalue weighted by molar-refractivity contribution is 5.76. The zero-order chi connectivity index (χ0) is 50.0. The number of carbonyl (C=O) groups excluding carboxylic acids is 2. The maximum absolute atomic E-state index is 12.5. The third-order valence-electron chi connectivity index (χ3n) is 14.5. The van der Waals surface area contributed by atoms with Crippen LogP contribution in [0, 0.1) is 0 Å². The molecule has 3 N–H and O–H groups in total. The molecular formula is C63H121NO5. The van der Waals surface area contributed by atoms with Gasteiger partial charge in [-0.15, -0.1) is 0 Å². The van der Waals surface area contributed by atoms with Gasteiger partial charge < -0.3 is 20.3 Å². The van der Waals surface area contributed by atoms with Gasteiger partial charge in [-0.05, 0) is 57.8 Å². The summed E-state index contributed by atoms with van der Waals surface area (Å²) in [4.78, 5) is 24.6. The van der Waals surface area contributed by atoms with Crippen LogP contribution < -0.4 is 5.32 Å². The van der Waals surface area contributed by atoms with Gasteiger partial charge in [0.25, 0.3) is 0 Å². The van der Waals surface area contributed by atoms with Crippen LogP contribution in [-0.2, 0) is 14.3 Å². The minimum absolute atomic E-state index is 0.00736. The van der Waals surface area contributed by atoms with E-state index in [9.17, 15) is 19.8 Å². The van der Waals surface area contributed by atoms with E-state index in [1.54, 1.807) is 0 Å². The highest BCUT2D eigenvalue weighted by atomic mass is 16.5. The Bertz CT molecular complexity index is 1080. The van der Waals surface area contributed by atoms with Crippen molar-refractivity contribution in [3.8, 4) is 0 Å². The Hall–Kier alpha value is -1.66. The Morgan fingerprint density at radius 2 is 0.725 bits per heavy atom. The molecule has 0 aliphatic rings. The standard InChI is InChI=1S/C63H121NO5/c1-3-5-7-9-11-13-15-17-19-21-22-24-27-31-35-39-43-47-51-55-61(66)60(59-65)64-62(67)56-52-48-44-40-36-32-28-25-23-26-30-34-38-42-46-50-54-58-69-63(68)57-53-49-45-41-37-33-29-20-18-16-14-12-10-8-6-4-2/h14,16,20,29,60-61,65-66H,3-13,15,17-19,21-28,30-59H2,1-2H3,(H,64,67)/b16-14-,29-20-. The van der Waals surface area contributed by atoms with Gasteiger partial charge in [0.1, 0.15) is 0 Å². The molecule has 0 aromatic carbocycles. The number of rotatable bonds is 58. The summed E-state index contributed by atoms with van der Waals surface area (Å²) in [5.74, 6) is -0.0451. The molecule has 0 saturated carbocycles. The fourth-order valence-corrected chi connectivity index (χ4v) is 9.73. The summed E-state index contributed by atoms with van der Waals surface area (Å²) in [7, 11) is 0. The monoisotopic (exact) mass is 972 g/mol. The van der Waals surface area contributed by atoms with Gasteiger partial charge in [-0.25, -0.2) is 0 Å². The number of ether oxygens (including phenoxy) is 1. The maximum atomic E-state index is 12.5. The zero-order valence-electron chi connectivity index (χ0n) is 46.6. The molecule has 1 amide bonds. The Morgan fingerprint density at radius 3 is 1.12 bits per heavy atom. The largest absolute Gasteiger partial charge is 0.466 e. The first-order valence-corrected chi connectivity index (χ1v) is 31.1. The zero-order valence-corrected chi connectivity index (χ0v) is 46.6. The third-order valence-corrected chi connectivity index (χ3v) is 14.5. The van der Waals surface area contributed by atoms with Gasteiger partial charge >= 0.3 is 5.97 Å². The fourth-order valence-electron chi connectivity index (χ4n) is 9.73. The smallest absolute Gasteiger partial charge is 0.305 e. The normalized spacial score (nSPS) is 12.7. The molecule has 408 valence electrons. The molecule has 0 saturated heterocycles. The number of hydrogen-bond acceptors (Lipinski definition) is 5. The summed E-state index contributed by atoms with van der Waals surface area (Å²) in [6, 6.07) is -0.546. The lowest BCUT2D eigenvalue weighted by Gasteiger charge is -2.22. The second kappa shape index (κ2) is 58.9. The van der Waals surface area contributed by atoms with Gasteiger partial charge in [-0.1, -0.05) is 295 Å². The van der Waals surface area contributed by atoms with Crippen molar-refractivity contribution in [2.45, 2.75) is 353 Å². The topological polar surface area (TPSA) is 95.9 Å². The van der Waals surface area contributed by atoms with Gasteiger partial charge in [0.15, 0.2) is 0 Å². The highest BCUT2D eigenvalue weighted by Gasteiger charge is 2.20. The Morgan fingerprint density at radius 1 is 0.406 bits per heavy atom. The minimum Gasteiger partial charge on any atom is -0.466 e. The lowest BCUT2D eigenvalue weighted by Crippen LogP contribution is -2.45. The quantitative estimate of drug-likeness (QED) is 0.0321. The summed E-state index contributed by atoms with van der Waals surface area (Å²) < 4.78 is 5.48. The SMILES string of the molecule is CCCCCC/C=C\C/C=C\CCCCCCCC(=O)OCCCCCCCCCCCCCCCCCCCC(=O)NC(CO)C(O)CCCCCCCCCCCCCCCCCCCCC. The number of amides is 1. The van der Waals surface area contributed by atoms with E-state index >= 15 is 0 Å². The second-order valence-corrected chi connectivity index (χ2v) is 21.4. The molecule has 0 rings (SSSR count). The molecule has 6 nitrogen and oxygen atoms in total. The summed E-state index contributed by atoms with van der Waals surface area (Å²) >= 11 is 0. The van der Waals surface area contributed by atoms with Crippen molar-refractivity contribution < 1.29 is 24.5 Å². The molecular weight excluding hydrogens is 851 g/mol. The van der Waals surface area contributed by atoms with Gasteiger partial charge in [-0.2, -0.15) is 0 Å². The van der Waals surface area contributed by atoms with Gasteiger partial charge in [0.2, 0.25) is 5.91 Å². The van der Waals surface area contributed by atoms with Crippen molar-refractivity contribution in [3.05, 3.63) is 24.3 Å². The second-order valence-electron chi connectivity index (χ2n) is 21.4. The Labute approximate surface area is 431 Å². The number of aliphatic hydroxyl groups excluding tert-OH is 2. The lowest BCUT2D eigenvalue weighted by atomic mass is 10.0. The molecule has 69 heavy (non-hydrogen) atoms. The molecule has 2 unspecified atom stereocenters. The van der Waals surface area contributed by atoms with E-state index in [1.807, 2.05) is 0 Å². The fraction of sp³-hybridized carbons (Fsp3) is 0.905. The number of allylic oxidation sites excluding steroid dienone is 4. The van der Waals surface area contributed by atoms with Crippen LogP contribution in [0.1, 0.15) is 341 Å². The number of aliphatic hydroxyl groups is 2. The Kier molecular flexibility index (Phi) is 57.5. The minimum atomic E-state index is -0.669. The number of carbonyl (C=O) groups is 2. The molecule has 0 radical (unpaired) electrons. The molecule has 0 fully saturated rings. The average Bonchev–Trinajstić information content (AvgIpc) is 3.35. The summed E-state index contributed by atoms with van der Waals surface area (Å²) in [6.07, 6.45) is 71.7. The molecule has 0 heterocycles. The molecule has 2 atom stereocenters. The van der Waals surface area contributed by atoms with Crippen LogP contribution in [0.5, 0.6) is 0 Å². The van der Waals surface area contributed by atoms with E-state index in [1.165, 1.54) is 257 Å². The van der Waals surface area contributed by atoms with Crippen molar-refractivity contribution in [3.63, 3.8) is 0 Å². The van der Waals surface area contributed by atoms with Crippen LogP contribution in [0.4, 0.5) is 0 Å². The van der Waals surface area contributed by atoms with Crippen LogP contribution in [0.15, 0.2) is 24.3 Å². The van der Waals surface area contributed by atoms with E-state index in [-0.39, 0.29) is 18.5 Å². The van der Waals surface area contributed by atoms with Crippen LogP contribution in [0.3, 0.4) is 0 Å². The van der Waals surface area contributed by atoms with Crippen LogP contribution in [0.2, 0.25) is 0 Å². The van der Waals surface area contributed by atoms with Gasteiger partial charge in [-0.3, -0.25) is 9.59 Å². The van der Waals surface area contributed by atoms with Crippen molar-refractivity contribution in [1.82, 2.24) is 5.32 Å². The van der Waals surface area contributed by atoms with E-state index < -0.39 is 12.1 Å². The van der Waals surface area contributed by atoms with Crippen molar-refractivity contribution in [2.75, 3.05) is 13.2 Å². The lowest BCUT2D eigenvalue weighted by molar-refractivity contribution is -0.143. The molecule has 0 aliphatic heterocycles. The summed E-state index contributed by atoms with van der Waals surface area (Å²) in [6.45, 7) is 4.94. The number of esters is 1. The number of nitrogens with one attached hydrogen (secondary N) is 1. The van der Waals surface area contributed by atoms with E-state index in [0.717, 1.165) is 51.4 Å². The molecule has 0 bridgehead atoms. The van der Waals surface area contributed by atoms with Crippen molar-refractivity contribution in [2.24, 2.45) is 0 Å². The van der Waals surface area contributed by atoms with E-state index in [0.29, 0.717) is 25.9 Å². The van der Waals surface area contributed by atoms with E-state index in [4.69, 9.17) is 4.74 Å². The summed E-state index contributed by atoms with van der Waals surface area (Å²) in [5, 5.41) is 23.4. The molecule has 0 aromatic rings. The van der Waals surface area contributed by atoms with Crippen LogP contribution in [0.25, 0.3) is 0 Å². The number of hydrogen-bond donors (Lipinski definition) is 3. The molecule has 6 heteroatoms. The summed E-state index contributed by atoms with van der Waals surface area (Å²) in [5.41, 5.74) is 0. The average molecular weight is 973 g/mol. The van der Waals surface area contributed by atoms with Crippen molar-refractivity contribution in [1.29, 1.82) is 0 Å². The van der Waals surface area contributed by atoms with Crippen LogP contribution in [-0.4, -0.2) is 47.4 Å². The van der Waals surface area contributed by atoms with Gasteiger partial charge in [0.05, 0.1) is 25.4 Å². The van der Waals surface area contributed by atoms with Gasteiger partial charge in [0, 0.05) is 12.8 Å². The number of unbranched alkanes of at least 4 members (excludes halogenated alkanes) is 43. The predicted octanol–water partition coefficient (Wildman–Crippen LogP) is 19.4. The first-order valence-electron chi connectivity index (χ1n) is 31.1. The maximum Gasteiger partial charge on any atom is 0.305 e. The van der Waals surface area contributed by atoms with Crippen LogP contribution >= 0.6 is 0 Å². The third kappa shape index (κ3) is 55.5. The highest BCUT2D eigenvalue weighted by Crippen LogP contribution is 2.18. The molecule has 0 spiro atoms. The molecule has 0 aromatic heterocycles. The predicted molar refractivity (Wildman–Crippen MR) is 301 cm³/mol. The first-order chi connectivity index (χ1) is 34.0. The first kappa shape index (κ1) is 67.3. The Balaban J connectivity index is 3.42. The van der Waals surface area contributed by atoms with Crippen molar-refractivity contribution >= 4 is 11.9 Å². The van der Waals surface area contributed by atoms with E-state index in [2.05, 4.69) is 43.5 Å².